The molecule has 0 bridgehead atoms. The van der Waals surface area contributed by atoms with Gasteiger partial charge in [0.25, 0.3) is 0 Å². The van der Waals surface area contributed by atoms with E-state index >= 15 is 0 Å². The Balaban J connectivity index is 1.83. The minimum absolute atomic E-state index is 0.237. The Labute approximate surface area is 244 Å². The van der Waals surface area contributed by atoms with Gasteiger partial charge in [-0.3, -0.25) is 28.8 Å². The number of carboxylic acids is 2. The molecule has 42 heavy (non-hydrogen) atoms. The first kappa shape index (κ1) is 33.5. The van der Waals surface area contributed by atoms with Crippen LogP contribution < -0.4 is 21.3 Å². The smallest absolute Gasteiger partial charge is 0.303 e. The largest absolute Gasteiger partial charge is 0.481 e. The summed E-state index contributed by atoms with van der Waals surface area (Å²) in [7, 11) is 0. The number of carbonyl (C=O) groups is 6. The summed E-state index contributed by atoms with van der Waals surface area (Å²) in [6.07, 6.45) is 0.366. The monoisotopic (exact) mass is 582 g/mol. The summed E-state index contributed by atoms with van der Waals surface area (Å²) in [6.45, 7) is 0.564. The van der Waals surface area contributed by atoms with Crippen molar-refractivity contribution < 1.29 is 39.0 Å². The first-order valence-electron chi connectivity index (χ1n) is 13.8. The van der Waals surface area contributed by atoms with E-state index in [1.807, 2.05) is 60.7 Å². The van der Waals surface area contributed by atoms with Crippen LogP contribution in [0.4, 0.5) is 0 Å². The summed E-state index contributed by atoms with van der Waals surface area (Å²) in [4.78, 5) is 71.6. The molecule has 2 rings (SSSR count). The first-order chi connectivity index (χ1) is 20.1. The van der Waals surface area contributed by atoms with E-state index < -0.39 is 47.7 Å². The van der Waals surface area contributed by atoms with Gasteiger partial charge < -0.3 is 31.5 Å². The van der Waals surface area contributed by atoms with Crippen molar-refractivity contribution >= 4 is 35.6 Å². The summed E-state index contributed by atoms with van der Waals surface area (Å²) in [5, 5.41) is 28.4. The molecule has 0 spiro atoms. The normalized spacial score (nSPS) is 11.9. The maximum absolute atomic E-state index is 12.8. The third kappa shape index (κ3) is 14.1. The van der Waals surface area contributed by atoms with Crippen molar-refractivity contribution in [3.8, 4) is 0 Å². The Morgan fingerprint density at radius 2 is 0.905 bits per heavy atom. The van der Waals surface area contributed by atoms with Gasteiger partial charge in [0, 0.05) is 38.8 Å². The molecule has 0 fully saturated rings. The number of hydrogen-bond acceptors (Lipinski definition) is 6. The van der Waals surface area contributed by atoms with Gasteiger partial charge in [0.05, 0.1) is 12.8 Å². The van der Waals surface area contributed by atoms with Crippen molar-refractivity contribution in [2.45, 2.75) is 63.5 Å². The zero-order valence-electron chi connectivity index (χ0n) is 23.3. The van der Waals surface area contributed by atoms with Gasteiger partial charge in [0.2, 0.25) is 23.6 Å². The molecule has 0 heterocycles. The summed E-state index contributed by atoms with van der Waals surface area (Å²) >= 11 is 0. The fourth-order valence-electron chi connectivity index (χ4n) is 4.01. The standard InChI is InChI=1S/C30H38N4O8/c35-25(13-15-27(37)38)33-23(19-21-9-3-1-4-10-21)29(41)31-17-7-8-18-32-30(42)24(20-22-11-5-2-6-12-22)34-26(36)14-16-28(39)40/h1-6,9-12,23-24H,7-8,13-20H2,(H,31,41)(H,32,42)(H,33,35)(H,34,36)(H,37,38)(H,39,40)/t23-,24-/m0/s1. The number of nitrogens with one attached hydrogen (secondary N) is 4. The number of aliphatic carboxylic acids is 2. The molecule has 0 saturated heterocycles. The van der Waals surface area contributed by atoms with Gasteiger partial charge in [-0.1, -0.05) is 60.7 Å². The summed E-state index contributed by atoms with van der Waals surface area (Å²) < 4.78 is 0. The van der Waals surface area contributed by atoms with Crippen LogP contribution in [-0.2, 0) is 41.6 Å². The van der Waals surface area contributed by atoms with Crippen LogP contribution in [0.1, 0.15) is 49.7 Å². The fourth-order valence-corrected chi connectivity index (χ4v) is 4.01. The zero-order valence-corrected chi connectivity index (χ0v) is 23.3. The molecule has 2 aromatic rings. The highest BCUT2D eigenvalue weighted by molar-refractivity contribution is 5.89. The van der Waals surface area contributed by atoms with Crippen molar-refractivity contribution in [2.75, 3.05) is 13.1 Å². The van der Waals surface area contributed by atoms with E-state index in [9.17, 15) is 28.8 Å². The molecule has 12 heteroatoms. The highest BCUT2D eigenvalue weighted by Gasteiger charge is 2.23. The van der Waals surface area contributed by atoms with E-state index in [0.29, 0.717) is 12.8 Å². The summed E-state index contributed by atoms with van der Waals surface area (Å²) in [5.74, 6) is -4.08. The molecule has 226 valence electrons. The average molecular weight is 583 g/mol. The molecule has 0 unspecified atom stereocenters. The summed E-state index contributed by atoms with van der Waals surface area (Å²) in [6, 6.07) is 16.5. The van der Waals surface area contributed by atoms with Crippen molar-refractivity contribution in [2.24, 2.45) is 0 Å². The molecule has 0 aromatic heterocycles. The van der Waals surface area contributed by atoms with E-state index in [-0.39, 0.29) is 51.6 Å². The number of carboxylic acid groups (broad SMARTS) is 2. The van der Waals surface area contributed by atoms with Crippen molar-refractivity contribution in [3.05, 3.63) is 71.8 Å². The Morgan fingerprint density at radius 3 is 1.24 bits per heavy atom. The lowest BCUT2D eigenvalue weighted by molar-refractivity contribution is -0.139. The SMILES string of the molecule is O=C(O)CCC(=O)N[C@@H](Cc1ccccc1)C(=O)NCCCCNC(=O)[C@H](Cc1ccccc1)NC(=O)CCC(=O)O. The van der Waals surface area contributed by atoms with Crippen LogP contribution >= 0.6 is 0 Å². The quantitative estimate of drug-likeness (QED) is 0.133. The molecule has 12 nitrogen and oxygen atoms in total. The van der Waals surface area contributed by atoms with Crippen LogP contribution in [0.25, 0.3) is 0 Å². The van der Waals surface area contributed by atoms with Crippen LogP contribution in [0.3, 0.4) is 0 Å². The summed E-state index contributed by atoms with van der Waals surface area (Å²) in [5.41, 5.74) is 1.66. The van der Waals surface area contributed by atoms with Gasteiger partial charge in [0.15, 0.2) is 0 Å². The number of benzene rings is 2. The minimum atomic E-state index is -1.10. The predicted octanol–water partition coefficient (Wildman–Crippen LogP) is 1.18. The molecule has 0 aliphatic rings. The number of amides is 4. The van der Waals surface area contributed by atoms with E-state index in [1.54, 1.807) is 0 Å². The molecule has 2 aromatic carbocycles. The lowest BCUT2D eigenvalue weighted by Gasteiger charge is -2.19. The highest BCUT2D eigenvalue weighted by Crippen LogP contribution is 2.06. The lowest BCUT2D eigenvalue weighted by atomic mass is 10.0. The van der Waals surface area contributed by atoms with Crippen LogP contribution in [0.15, 0.2) is 60.7 Å². The van der Waals surface area contributed by atoms with Crippen molar-refractivity contribution in [1.82, 2.24) is 21.3 Å². The van der Waals surface area contributed by atoms with Gasteiger partial charge >= 0.3 is 11.9 Å². The number of hydrogen-bond donors (Lipinski definition) is 6. The van der Waals surface area contributed by atoms with Gasteiger partial charge in [-0.2, -0.15) is 0 Å². The molecule has 2 atom stereocenters. The van der Waals surface area contributed by atoms with Crippen molar-refractivity contribution in [1.29, 1.82) is 0 Å². The maximum atomic E-state index is 12.8. The number of rotatable bonds is 19. The first-order valence-corrected chi connectivity index (χ1v) is 13.8. The molecule has 0 aliphatic heterocycles. The molecule has 0 saturated carbocycles. The minimum Gasteiger partial charge on any atom is -0.481 e. The van der Waals surface area contributed by atoms with Crippen LogP contribution in [0, 0.1) is 0 Å². The Bertz CT molecular complexity index is 1100. The molecular formula is C30H38N4O8. The Morgan fingerprint density at radius 1 is 0.548 bits per heavy atom. The van der Waals surface area contributed by atoms with E-state index in [0.717, 1.165) is 11.1 Å². The Hall–Kier alpha value is -4.74. The second-order valence-corrected chi connectivity index (χ2v) is 9.70. The average Bonchev–Trinajstić information content (AvgIpc) is 2.97. The zero-order chi connectivity index (χ0) is 30.7. The second-order valence-electron chi connectivity index (χ2n) is 9.70. The highest BCUT2D eigenvalue weighted by atomic mass is 16.4. The topological polar surface area (TPSA) is 191 Å². The van der Waals surface area contributed by atoms with Gasteiger partial charge in [-0.25, -0.2) is 0 Å². The van der Waals surface area contributed by atoms with Gasteiger partial charge in [0.1, 0.15) is 12.1 Å². The third-order valence-electron chi connectivity index (χ3n) is 6.20. The third-order valence-corrected chi connectivity index (χ3v) is 6.20. The fraction of sp³-hybridized carbons (Fsp3) is 0.400. The molecular weight excluding hydrogens is 544 g/mol. The maximum Gasteiger partial charge on any atom is 0.303 e. The molecule has 6 N–H and O–H groups in total. The van der Waals surface area contributed by atoms with Gasteiger partial charge in [-0.15, -0.1) is 0 Å². The van der Waals surface area contributed by atoms with E-state index in [4.69, 9.17) is 10.2 Å². The predicted molar refractivity (Wildman–Crippen MR) is 153 cm³/mol. The second kappa shape index (κ2) is 18.6. The van der Waals surface area contributed by atoms with Gasteiger partial charge in [-0.05, 0) is 24.0 Å². The molecule has 4 amide bonds. The molecule has 0 radical (unpaired) electrons. The van der Waals surface area contributed by atoms with E-state index in [2.05, 4.69) is 21.3 Å². The number of carbonyl (C=O) groups excluding carboxylic acids is 4. The van der Waals surface area contributed by atoms with Crippen LogP contribution in [0.2, 0.25) is 0 Å². The van der Waals surface area contributed by atoms with E-state index in [1.165, 1.54) is 0 Å². The van der Waals surface area contributed by atoms with Crippen LogP contribution in [0.5, 0.6) is 0 Å². The number of unbranched alkanes of at least 4 members (excludes halogenated alkanes) is 1. The lowest BCUT2D eigenvalue weighted by Crippen LogP contribution is -2.48. The van der Waals surface area contributed by atoms with Crippen LogP contribution in [-0.4, -0.2) is 71.0 Å². The Kier molecular flexibility index (Phi) is 14.8. The molecule has 0 aliphatic carbocycles. The van der Waals surface area contributed by atoms with Crippen molar-refractivity contribution in [3.63, 3.8) is 0 Å².